The van der Waals surface area contributed by atoms with Crippen LogP contribution in [0.25, 0.3) is 10.2 Å². The predicted molar refractivity (Wildman–Crippen MR) is 107 cm³/mol. The number of carbonyl (C=O) groups excluding carboxylic acids is 1. The van der Waals surface area contributed by atoms with Crippen LogP contribution in [0.3, 0.4) is 0 Å². The summed E-state index contributed by atoms with van der Waals surface area (Å²) in [5.74, 6) is 0.872. The zero-order valence-corrected chi connectivity index (χ0v) is 16.9. The Bertz CT molecular complexity index is 947. The van der Waals surface area contributed by atoms with Crippen molar-refractivity contribution >= 4 is 27.5 Å². The molecule has 0 saturated carbocycles. The number of hydrogen-bond acceptors (Lipinski definition) is 4. The van der Waals surface area contributed by atoms with Gasteiger partial charge in [0.2, 0.25) is 5.91 Å². The summed E-state index contributed by atoms with van der Waals surface area (Å²) in [5, 5.41) is 0.825. The van der Waals surface area contributed by atoms with Gasteiger partial charge in [0.05, 0.1) is 31.6 Å². The average molecular weight is 388 g/mol. The molecule has 2 aromatic heterocycles. The highest BCUT2D eigenvalue weighted by Crippen LogP contribution is 2.33. The van der Waals surface area contributed by atoms with Crippen LogP contribution in [-0.2, 0) is 24.2 Å². The van der Waals surface area contributed by atoms with Crippen LogP contribution in [0.2, 0.25) is 0 Å². The molecule has 4 rings (SSSR count). The summed E-state index contributed by atoms with van der Waals surface area (Å²) in [7, 11) is 0. The minimum absolute atomic E-state index is 0.0196. The molecular weight excluding hydrogens is 360 g/mol. The maximum atomic E-state index is 12.7. The van der Waals surface area contributed by atoms with Gasteiger partial charge < -0.3 is 14.8 Å². The molecule has 0 unspecified atom stereocenters. The van der Waals surface area contributed by atoms with E-state index in [0.717, 1.165) is 60.6 Å². The second-order valence-electron chi connectivity index (χ2n) is 7.88. The van der Waals surface area contributed by atoms with Gasteiger partial charge in [-0.3, -0.25) is 9.59 Å². The molecule has 0 aromatic carbocycles. The molecular formula is C20H27N4O2S+. The second kappa shape index (κ2) is 7.56. The van der Waals surface area contributed by atoms with Gasteiger partial charge in [-0.1, -0.05) is 5.57 Å². The number of aromatic amines is 1. The number of quaternary nitrogens is 1. The van der Waals surface area contributed by atoms with Crippen LogP contribution in [0.15, 0.2) is 16.4 Å². The fraction of sp³-hybridized carbons (Fsp3) is 0.550. The molecule has 2 aromatic rings. The summed E-state index contributed by atoms with van der Waals surface area (Å²) in [6.07, 6.45) is 6.17. The summed E-state index contributed by atoms with van der Waals surface area (Å²) in [6, 6.07) is 0. The third kappa shape index (κ3) is 3.84. The highest BCUT2D eigenvalue weighted by molar-refractivity contribution is 7.18. The summed E-state index contributed by atoms with van der Waals surface area (Å²) in [5.41, 5.74) is 2.29. The number of hydrogen-bond donors (Lipinski definition) is 2. The minimum Gasteiger partial charge on any atom is -0.328 e. The largest absolute Gasteiger partial charge is 0.328 e. The number of fused-ring (bicyclic) bond motifs is 3. The monoisotopic (exact) mass is 387 g/mol. The zero-order valence-electron chi connectivity index (χ0n) is 16.1. The molecule has 1 amide bonds. The van der Waals surface area contributed by atoms with E-state index in [4.69, 9.17) is 4.98 Å². The van der Waals surface area contributed by atoms with Crippen LogP contribution in [0.1, 0.15) is 43.0 Å². The van der Waals surface area contributed by atoms with Gasteiger partial charge in [-0.15, -0.1) is 11.3 Å². The van der Waals surface area contributed by atoms with Crippen molar-refractivity contribution in [3.63, 3.8) is 0 Å². The van der Waals surface area contributed by atoms with Crippen LogP contribution in [0.5, 0.6) is 0 Å². The van der Waals surface area contributed by atoms with E-state index in [0.29, 0.717) is 6.54 Å². The van der Waals surface area contributed by atoms with E-state index in [1.54, 1.807) is 17.4 Å². The number of thiophene rings is 1. The fourth-order valence-corrected chi connectivity index (χ4v) is 5.37. The molecule has 3 heterocycles. The van der Waals surface area contributed by atoms with E-state index in [-0.39, 0.29) is 11.5 Å². The molecule has 0 radical (unpaired) electrons. The smallest absolute Gasteiger partial charge is 0.260 e. The molecule has 6 nitrogen and oxygen atoms in total. The SMILES string of the molecule is CC(C)=CC(=O)N1CC[NH+](Cc2nc3sc4c(c3c(=O)[nH]2)CCCC4)CC1. The topological polar surface area (TPSA) is 70.5 Å². The van der Waals surface area contributed by atoms with Gasteiger partial charge in [0.15, 0.2) is 5.82 Å². The van der Waals surface area contributed by atoms with E-state index in [2.05, 4.69) is 4.98 Å². The van der Waals surface area contributed by atoms with E-state index in [1.165, 1.54) is 28.2 Å². The number of nitrogens with one attached hydrogen (secondary N) is 2. The van der Waals surface area contributed by atoms with E-state index >= 15 is 0 Å². The van der Waals surface area contributed by atoms with Crippen LogP contribution in [0.4, 0.5) is 0 Å². The van der Waals surface area contributed by atoms with Crippen molar-refractivity contribution in [1.82, 2.24) is 14.9 Å². The number of rotatable bonds is 3. The van der Waals surface area contributed by atoms with Crippen molar-refractivity contribution in [3.8, 4) is 0 Å². The van der Waals surface area contributed by atoms with Crippen molar-refractivity contribution in [2.24, 2.45) is 0 Å². The standard InChI is InChI=1S/C20H26N4O2S/c1-13(2)11-17(25)24-9-7-23(8-10-24)12-16-21-19(26)18-14-5-3-4-6-15(14)27-20(18)22-16/h11H,3-10,12H2,1-2H3,(H,21,22,26)/p+1. The van der Waals surface area contributed by atoms with Crippen molar-refractivity contribution in [1.29, 1.82) is 0 Å². The van der Waals surface area contributed by atoms with Crippen molar-refractivity contribution < 1.29 is 9.69 Å². The molecule has 144 valence electrons. The molecule has 0 atom stereocenters. The van der Waals surface area contributed by atoms with Crippen LogP contribution in [-0.4, -0.2) is 47.0 Å². The lowest BCUT2D eigenvalue weighted by Gasteiger charge is -2.31. The summed E-state index contributed by atoms with van der Waals surface area (Å²) in [4.78, 5) is 38.1. The van der Waals surface area contributed by atoms with Gasteiger partial charge >= 0.3 is 0 Å². The number of H-pyrrole nitrogens is 1. The van der Waals surface area contributed by atoms with Crippen LogP contribution < -0.4 is 10.5 Å². The molecule has 1 fully saturated rings. The first-order valence-electron chi connectivity index (χ1n) is 9.82. The summed E-state index contributed by atoms with van der Waals surface area (Å²) in [6.45, 7) is 7.85. The predicted octanol–water partition coefficient (Wildman–Crippen LogP) is 1.06. The molecule has 0 bridgehead atoms. The van der Waals surface area contributed by atoms with Crippen molar-refractivity contribution in [2.45, 2.75) is 46.1 Å². The number of nitrogens with zero attached hydrogens (tertiary/aromatic N) is 2. The first-order chi connectivity index (χ1) is 13.0. The molecule has 1 aliphatic heterocycles. The number of amides is 1. The normalized spacial score (nSPS) is 17.8. The fourth-order valence-electron chi connectivity index (χ4n) is 4.09. The number of piperazine rings is 1. The molecule has 1 saturated heterocycles. The van der Waals surface area contributed by atoms with Gasteiger partial charge in [-0.2, -0.15) is 0 Å². The highest BCUT2D eigenvalue weighted by atomic mass is 32.1. The molecule has 0 spiro atoms. The van der Waals surface area contributed by atoms with Crippen LogP contribution in [0, 0.1) is 0 Å². The Morgan fingerprint density at radius 1 is 1.26 bits per heavy atom. The Labute approximate surface area is 162 Å². The van der Waals surface area contributed by atoms with Crippen molar-refractivity contribution in [2.75, 3.05) is 26.2 Å². The number of aryl methyl sites for hydroxylation is 2. The third-order valence-corrected chi connectivity index (χ3v) is 6.67. The molecule has 1 aliphatic carbocycles. The van der Waals surface area contributed by atoms with E-state index in [1.807, 2.05) is 18.7 Å². The first-order valence-corrected chi connectivity index (χ1v) is 10.6. The number of aromatic nitrogens is 2. The quantitative estimate of drug-likeness (QED) is 0.774. The van der Waals surface area contributed by atoms with E-state index in [9.17, 15) is 9.59 Å². The minimum atomic E-state index is 0.0196. The maximum Gasteiger partial charge on any atom is 0.260 e. The average Bonchev–Trinajstić information content (AvgIpc) is 3.00. The summed E-state index contributed by atoms with van der Waals surface area (Å²) < 4.78 is 0. The third-order valence-electron chi connectivity index (χ3n) is 5.49. The molecule has 2 aliphatic rings. The Balaban J connectivity index is 1.46. The molecule has 7 heteroatoms. The molecule has 27 heavy (non-hydrogen) atoms. The Kier molecular flexibility index (Phi) is 5.14. The lowest BCUT2D eigenvalue weighted by atomic mass is 9.97. The van der Waals surface area contributed by atoms with E-state index < -0.39 is 0 Å². The van der Waals surface area contributed by atoms with Gasteiger partial charge in [-0.25, -0.2) is 4.98 Å². The van der Waals surface area contributed by atoms with Crippen molar-refractivity contribution in [3.05, 3.63) is 38.3 Å². The zero-order chi connectivity index (χ0) is 19.0. The lowest BCUT2D eigenvalue weighted by molar-refractivity contribution is -0.918. The van der Waals surface area contributed by atoms with Gasteiger partial charge in [0.1, 0.15) is 11.4 Å². The number of allylic oxidation sites excluding steroid dienone is 1. The Morgan fingerprint density at radius 2 is 2.00 bits per heavy atom. The number of carbonyl (C=O) groups is 1. The second-order valence-corrected chi connectivity index (χ2v) is 8.96. The Morgan fingerprint density at radius 3 is 2.74 bits per heavy atom. The highest BCUT2D eigenvalue weighted by Gasteiger charge is 2.24. The van der Waals surface area contributed by atoms with Crippen LogP contribution >= 0.6 is 11.3 Å². The van der Waals surface area contributed by atoms with Gasteiger partial charge in [0.25, 0.3) is 5.56 Å². The first kappa shape index (κ1) is 18.4. The lowest BCUT2D eigenvalue weighted by Crippen LogP contribution is -3.13. The molecule has 2 N–H and O–H groups in total. The summed E-state index contributed by atoms with van der Waals surface area (Å²) >= 11 is 1.70. The maximum absolute atomic E-state index is 12.7. The van der Waals surface area contributed by atoms with Gasteiger partial charge in [0, 0.05) is 11.0 Å². The Hall–Kier alpha value is -1.99. The van der Waals surface area contributed by atoms with Gasteiger partial charge in [-0.05, 0) is 45.1 Å².